The van der Waals surface area contributed by atoms with E-state index in [1.54, 1.807) is 6.92 Å². The zero-order valence-electron chi connectivity index (χ0n) is 8.50. The molecule has 86 valence electrons. The highest BCUT2D eigenvalue weighted by Gasteiger charge is 2.18. The predicted octanol–water partition coefficient (Wildman–Crippen LogP) is 3.39. The number of benzene rings is 1. The molecule has 0 radical (unpaired) electrons. The maximum atomic E-state index is 13.3. The lowest BCUT2D eigenvalue weighted by molar-refractivity contribution is -0.387. The van der Waals surface area contributed by atoms with Crippen molar-refractivity contribution in [3.63, 3.8) is 0 Å². The van der Waals surface area contributed by atoms with Gasteiger partial charge in [0.15, 0.2) is 0 Å². The lowest BCUT2D eigenvalue weighted by Gasteiger charge is -2.08. The lowest BCUT2D eigenvalue weighted by atomic mass is 10.1. The van der Waals surface area contributed by atoms with Crippen molar-refractivity contribution in [2.75, 3.05) is 6.61 Å². The van der Waals surface area contributed by atoms with Crippen LogP contribution >= 0.6 is 11.6 Å². The van der Waals surface area contributed by atoms with Crippen LogP contribution in [0, 0.1) is 15.9 Å². The predicted molar refractivity (Wildman–Crippen MR) is 58.7 cm³/mol. The number of hydrogen-bond acceptors (Lipinski definition) is 3. The minimum absolute atomic E-state index is 0.0338. The van der Waals surface area contributed by atoms with Gasteiger partial charge in [0, 0.05) is 11.6 Å². The number of halogens is 2. The molecule has 6 heteroatoms. The van der Waals surface area contributed by atoms with E-state index in [0.29, 0.717) is 6.61 Å². The smallest absolute Gasteiger partial charge is 0.306 e. The largest absolute Gasteiger partial charge is 0.494 e. The average molecular weight is 246 g/mol. The van der Waals surface area contributed by atoms with Crippen LogP contribution in [0.15, 0.2) is 18.7 Å². The van der Waals surface area contributed by atoms with E-state index in [1.165, 1.54) is 0 Å². The monoisotopic (exact) mass is 245 g/mol. The molecule has 0 N–H and O–H groups in total. The van der Waals surface area contributed by atoms with E-state index in [-0.39, 0.29) is 16.3 Å². The summed E-state index contributed by atoms with van der Waals surface area (Å²) in [6.07, 6.45) is 0. The number of nitrogens with zero attached hydrogens (tertiary/aromatic N) is 1. The molecule has 4 nitrogen and oxygen atoms in total. The van der Waals surface area contributed by atoms with Gasteiger partial charge in [-0.25, -0.2) is 0 Å². The third-order valence-electron chi connectivity index (χ3n) is 1.85. The van der Waals surface area contributed by atoms with Gasteiger partial charge in [0.25, 0.3) is 0 Å². The lowest BCUT2D eigenvalue weighted by Crippen LogP contribution is -1.97. The molecule has 1 aromatic rings. The molecule has 0 aliphatic rings. The highest BCUT2D eigenvalue weighted by atomic mass is 35.5. The molecule has 0 aliphatic heterocycles. The highest BCUT2D eigenvalue weighted by molar-refractivity contribution is 6.32. The third-order valence-corrected chi connectivity index (χ3v) is 2.16. The summed E-state index contributed by atoms with van der Waals surface area (Å²) in [5.74, 6) is -0.786. The van der Waals surface area contributed by atoms with Gasteiger partial charge in [0.1, 0.15) is 5.76 Å². The highest BCUT2D eigenvalue weighted by Crippen LogP contribution is 2.30. The first-order valence-electron chi connectivity index (χ1n) is 4.42. The Kier molecular flexibility index (Phi) is 3.84. The van der Waals surface area contributed by atoms with Crippen LogP contribution in [0.5, 0.6) is 0 Å². The van der Waals surface area contributed by atoms with Gasteiger partial charge >= 0.3 is 5.69 Å². The van der Waals surface area contributed by atoms with Crippen LogP contribution < -0.4 is 0 Å². The zero-order valence-corrected chi connectivity index (χ0v) is 9.25. The summed E-state index contributed by atoms with van der Waals surface area (Å²) in [4.78, 5) is 9.60. The van der Waals surface area contributed by atoms with Gasteiger partial charge in [-0.05, 0) is 13.0 Å². The molecule has 16 heavy (non-hydrogen) atoms. The van der Waals surface area contributed by atoms with E-state index >= 15 is 0 Å². The fourth-order valence-corrected chi connectivity index (χ4v) is 1.41. The first kappa shape index (κ1) is 12.4. The third kappa shape index (κ3) is 2.49. The van der Waals surface area contributed by atoms with Crippen LogP contribution in [0.2, 0.25) is 5.02 Å². The Morgan fingerprint density at radius 3 is 2.81 bits per heavy atom. The molecule has 0 bridgehead atoms. The summed E-state index contributed by atoms with van der Waals surface area (Å²) in [5, 5.41) is 10.5. The standard InChI is InChI=1S/C10H9ClFNO3/c1-3-16-6(2)7-4-9(12)10(13(14)15)5-8(7)11/h4-5H,2-3H2,1H3. The Morgan fingerprint density at radius 1 is 1.69 bits per heavy atom. The van der Waals surface area contributed by atoms with Crippen molar-refractivity contribution >= 4 is 23.0 Å². The van der Waals surface area contributed by atoms with Gasteiger partial charge < -0.3 is 4.74 Å². The summed E-state index contributed by atoms with van der Waals surface area (Å²) in [7, 11) is 0. The van der Waals surface area contributed by atoms with Crippen molar-refractivity contribution in [2.45, 2.75) is 6.92 Å². The summed E-state index contributed by atoms with van der Waals surface area (Å²) in [5.41, 5.74) is -0.454. The Labute approximate surface area is 96.4 Å². The molecular formula is C10H9ClFNO3. The average Bonchev–Trinajstić information content (AvgIpc) is 2.20. The molecule has 0 saturated heterocycles. The molecule has 0 unspecified atom stereocenters. The number of nitro groups is 1. The molecule has 0 heterocycles. The fraction of sp³-hybridized carbons (Fsp3) is 0.200. The molecule has 0 amide bonds. The molecular weight excluding hydrogens is 237 g/mol. The van der Waals surface area contributed by atoms with E-state index in [2.05, 4.69) is 6.58 Å². The van der Waals surface area contributed by atoms with E-state index in [9.17, 15) is 14.5 Å². The van der Waals surface area contributed by atoms with Crippen molar-refractivity contribution in [3.8, 4) is 0 Å². The molecule has 0 spiro atoms. The van der Waals surface area contributed by atoms with E-state index in [0.717, 1.165) is 12.1 Å². The number of hydrogen-bond donors (Lipinski definition) is 0. The number of nitro benzene ring substituents is 1. The van der Waals surface area contributed by atoms with E-state index in [4.69, 9.17) is 16.3 Å². The van der Waals surface area contributed by atoms with Crippen LogP contribution in [0.1, 0.15) is 12.5 Å². The van der Waals surface area contributed by atoms with E-state index < -0.39 is 16.4 Å². The van der Waals surface area contributed by atoms with Crippen LogP contribution in [0.3, 0.4) is 0 Å². The van der Waals surface area contributed by atoms with Gasteiger partial charge in [-0.3, -0.25) is 10.1 Å². The first-order valence-corrected chi connectivity index (χ1v) is 4.80. The summed E-state index contributed by atoms with van der Waals surface area (Å²) >= 11 is 5.76. The second-order valence-corrected chi connectivity index (χ2v) is 3.30. The molecule has 0 aromatic heterocycles. The maximum Gasteiger partial charge on any atom is 0.306 e. The van der Waals surface area contributed by atoms with Crippen molar-refractivity contribution in [1.82, 2.24) is 0 Å². The van der Waals surface area contributed by atoms with Gasteiger partial charge in [-0.1, -0.05) is 18.2 Å². The topological polar surface area (TPSA) is 52.4 Å². The SMILES string of the molecule is C=C(OCC)c1cc(F)c([N+](=O)[O-])cc1Cl. The fourth-order valence-electron chi connectivity index (χ4n) is 1.14. The molecule has 0 saturated carbocycles. The molecule has 1 rings (SSSR count). The second-order valence-electron chi connectivity index (χ2n) is 2.90. The van der Waals surface area contributed by atoms with Gasteiger partial charge in [0.2, 0.25) is 5.82 Å². The summed E-state index contributed by atoms with van der Waals surface area (Å²) < 4.78 is 18.3. The Hall–Kier alpha value is -1.62. The summed E-state index contributed by atoms with van der Waals surface area (Å²) in [6, 6.07) is 1.88. The minimum atomic E-state index is -0.967. The first-order chi connectivity index (χ1) is 7.47. The molecule has 0 fully saturated rings. The van der Waals surface area contributed by atoms with Crippen molar-refractivity contribution < 1.29 is 14.1 Å². The second kappa shape index (κ2) is 4.94. The zero-order chi connectivity index (χ0) is 12.3. The Balaban J connectivity index is 3.20. The van der Waals surface area contributed by atoms with Crippen LogP contribution in [-0.2, 0) is 4.74 Å². The van der Waals surface area contributed by atoms with Crippen molar-refractivity contribution in [2.24, 2.45) is 0 Å². The number of ether oxygens (including phenoxy) is 1. The molecule has 0 atom stereocenters. The normalized spacial score (nSPS) is 9.94. The quantitative estimate of drug-likeness (QED) is 0.464. The van der Waals surface area contributed by atoms with Crippen molar-refractivity contribution in [1.29, 1.82) is 0 Å². The Morgan fingerprint density at radius 2 is 2.31 bits per heavy atom. The minimum Gasteiger partial charge on any atom is -0.494 e. The van der Waals surface area contributed by atoms with Crippen molar-refractivity contribution in [3.05, 3.63) is 45.2 Å². The summed E-state index contributed by atoms with van der Waals surface area (Å²) in [6.45, 7) is 5.64. The molecule has 1 aromatic carbocycles. The van der Waals surface area contributed by atoms with E-state index in [1.807, 2.05) is 0 Å². The van der Waals surface area contributed by atoms with Gasteiger partial charge in [-0.2, -0.15) is 4.39 Å². The number of rotatable bonds is 4. The van der Waals surface area contributed by atoms with Crippen LogP contribution in [0.4, 0.5) is 10.1 Å². The van der Waals surface area contributed by atoms with Crippen LogP contribution in [0.25, 0.3) is 5.76 Å². The van der Waals surface area contributed by atoms with Crippen LogP contribution in [-0.4, -0.2) is 11.5 Å². The van der Waals surface area contributed by atoms with Gasteiger partial charge in [-0.15, -0.1) is 0 Å². The Bertz CT molecular complexity index is 448. The maximum absolute atomic E-state index is 13.3. The van der Waals surface area contributed by atoms with Gasteiger partial charge in [0.05, 0.1) is 16.6 Å². The molecule has 0 aliphatic carbocycles.